The molecule has 4 heterocycles. The zero-order chi connectivity index (χ0) is 35.8. The van der Waals surface area contributed by atoms with Crippen molar-refractivity contribution < 1.29 is 44.3 Å². The highest BCUT2D eigenvalue weighted by Crippen LogP contribution is 2.58. The number of quaternary nitrogens is 2. The van der Waals surface area contributed by atoms with Crippen molar-refractivity contribution in [1.82, 2.24) is 4.90 Å². The zero-order valence-electron chi connectivity index (χ0n) is 31.4. The Balaban J connectivity index is 1.23. The Kier molecular flexibility index (Phi) is 11.4. The van der Waals surface area contributed by atoms with Gasteiger partial charge in [0, 0.05) is 56.4 Å². The Morgan fingerprint density at radius 2 is 1.86 bits per heavy atom. The van der Waals surface area contributed by atoms with E-state index in [0.717, 1.165) is 77.5 Å². The van der Waals surface area contributed by atoms with E-state index >= 15 is 0 Å². The summed E-state index contributed by atoms with van der Waals surface area (Å²) < 4.78 is 19.9. The normalized spacial score (nSPS) is 37.5. The SMILES string of the molecule is CC=C(C)C(=O)OC(C)(C)[C@@]1(CC2CC(N)[NH2+]CC2CC(=O)N2CC(C[NH2+]C)C2)CC2CC3CC(C4(CCO)CCCC4)C(=O)OC3CC2O1. The number of carbonyl (C=O) groups excluding carboxylic acids is 3. The molecule has 6 fully saturated rings. The van der Waals surface area contributed by atoms with E-state index in [0.29, 0.717) is 37.2 Å². The number of ether oxygens (including phenoxy) is 3. The van der Waals surface area contributed by atoms with Gasteiger partial charge in [-0.3, -0.25) is 15.3 Å². The molecule has 7 N–H and O–H groups in total. The minimum Gasteiger partial charge on any atom is -0.462 e. The third-order valence-electron chi connectivity index (χ3n) is 14.2. The number of likely N-dealkylation sites (tertiary alicyclic amines) is 1. The molecule has 282 valence electrons. The monoisotopic (exact) mass is 702 g/mol. The van der Waals surface area contributed by atoms with Crippen LogP contribution in [-0.2, 0) is 28.6 Å². The lowest BCUT2D eigenvalue weighted by molar-refractivity contribution is -0.706. The third-order valence-corrected chi connectivity index (χ3v) is 14.2. The number of amides is 1. The molecular weight excluding hydrogens is 636 g/mol. The summed E-state index contributed by atoms with van der Waals surface area (Å²) >= 11 is 0. The van der Waals surface area contributed by atoms with E-state index < -0.39 is 11.2 Å². The summed E-state index contributed by atoms with van der Waals surface area (Å²) in [5, 5.41) is 14.3. The molecule has 9 atom stereocenters. The largest absolute Gasteiger partial charge is 0.462 e. The third kappa shape index (κ3) is 7.41. The Labute approximate surface area is 299 Å². The molecule has 6 aliphatic rings. The van der Waals surface area contributed by atoms with Gasteiger partial charge in [-0.1, -0.05) is 18.9 Å². The molecule has 0 bridgehead atoms. The van der Waals surface area contributed by atoms with Crippen LogP contribution in [0.15, 0.2) is 11.6 Å². The van der Waals surface area contributed by atoms with Gasteiger partial charge < -0.3 is 34.9 Å². The number of nitrogens with zero attached hydrogens (tertiary/aromatic N) is 1. The minimum atomic E-state index is -0.952. The highest BCUT2D eigenvalue weighted by Gasteiger charge is 2.62. The van der Waals surface area contributed by atoms with Crippen LogP contribution < -0.4 is 16.4 Å². The van der Waals surface area contributed by atoms with Crippen LogP contribution >= 0.6 is 0 Å². The second-order valence-corrected chi connectivity index (χ2v) is 17.6. The molecule has 1 amide bonds. The van der Waals surface area contributed by atoms with Gasteiger partial charge in [0.25, 0.3) is 0 Å². The molecule has 0 radical (unpaired) electrons. The summed E-state index contributed by atoms with van der Waals surface area (Å²) in [7, 11) is 2.08. The predicted molar refractivity (Wildman–Crippen MR) is 187 cm³/mol. The van der Waals surface area contributed by atoms with Crippen LogP contribution in [0.2, 0.25) is 0 Å². The highest BCUT2D eigenvalue weighted by atomic mass is 16.6. The van der Waals surface area contributed by atoms with Crippen molar-refractivity contribution in [2.45, 2.75) is 134 Å². The zero-order valence-corrected chi connectivity index (χ0v) is 31.4. The quantitative estimate of drug-likeness (QED) is 0.176. The fourth-order valence-corrected chi connectivity index (χ4v) is 11.0. The fourth-order valence-electron chi connectivity index (χ4n) is 11.0. The topological polar surface area (TPSA) is 162 Å². The summed E-state index contributed by atoms with van der Waals surface area (Å²) in [4.78, 5) is 42.4. The summed E-state index contributed by atoms with van der Waals surface area (Å²) in [6.45, 7) is 11.2. The molecule has 0 spiro atoms. The van der Waals surface area contributed by atoms with Crippen LogP contribution in [0.1, 0.15) is 105 Å². The lowest BCUT2D eigenvalue weighted by Gasteiger charge is -2.47. The second kappa shape index (κ2) is 15.1. The molecule has 50 heavy (non-hydrogen) atoms. The minimum absolute atomic E-state index is 0.0578. The number of aliphatic hydroxyl groups is 1. The lowest BCUT2D eigenvalue weighted by atomic mass is 9.63. The number of hydrogen-bond donors (Lipinski definition) is 4. The standard InChI is InChI=1S/C39H64N4O7/c1-6-24(2)35(46)50-37(3,4)39(18-27-15-33(40)42-21-29(27)16-34(45)43-22-25(23-43)20-41-5)19-28-13-26-14-30(38(11-12-44)9-7-8-10-38)36(47)48-31(26)17-32(28)49-39/h6,25-33,41-42,44H,7-23,40H2,1-5H3/p+2/t26?,27?,28?,29?,30?,31?,32?,33?,39-/m1/s1. The molecule has 11 heteroatoms. The van der Waals surface area contributed by atoms with Gasteiger partial charge >= 0.3 is 11.9 Å². The average Bonchev–Trinajstić information content (AvgIpc) is 3.67. The van der Waals surface area contributed by atoms with Gasteiger partial charge in [-0.15, -0.1) is 0 Å². The maximum atomic E-state index is 13.6. The Morgan fingerprint density at radius 1 is 1.12 bits per heavy atom. The molecule has 4 saturated heterocycles. The van der Waals surface area contributed by atoms with Crippen LogP contribution in [0.3, 0.4) is 0 Å². The number of fused-ring (bicyclic) bond motifs is 2. The lowest BCUT2D eigenvalue weighted by Crippen LogP contribution is -2.96. The molecule has 0 aromatic rings. The van der Waals surface area contributed by atoms with Crippen molar-refractivity contribution >= 4 is 17.8 Å². The molecule has 0 aromatic carbocycles. The van der Waals surface area contributed by atoms with Gasteiger partial charge in [-0.2, -0.15) is 0 Å². The second-order valence-electron chi connectivity index (χ2n) is 17.6. The summed E-state index contributed by atoms with van der Waals surface area (Å²) in [5.74, 6) is 0.951. The summed E-state index contributed by atoms with van der Waals surface area (Å²) in [5.41, 5.74) is 5.25. The number of rotatable bonds is 12. The molecule has 2 saturated carbocycles. The first-order valence-corrected chi connectivity index (χ1v) is 19.8. The van der Waals surface area contributed by atoms with Crippen molar-refractivity contribution in [3.05, 3.63) is 11.6 Å². The van der Waals surface area contributed by atoms with Crippen molar-refractivity contribution in [3.63, 3.8) is 0 Å². The smallest absolute Gasteiger partial charge is 0.334 e. The van der Waals surface area contributed by atoms with E-state index in [9.17, 15) is 19.5 Å². The highest BCUT2D eigenvalue weighted by molar-refractivity contribution is 5.88. The number of carbonyl (C=O) groups is 3. The first-order valence-electron chi connectivity index (χ1n) is 19.8. The molecule has 6 rings (SSSR count). The van der Waals surface area contributed by atoms with E-state index in [2.05, 4.69) is 17.7 Å². The average molecular weight is 703 g/mol. The molecule has 0 aromatic heterocycles. The molecule has 4 aliphatic heterocycles. The Bertz CT molecular complexity index is 1280. The maximum absolute atomic E-state index is 13.6. The first-order chi connectivity index (χ1) is 23.8. The van der Waals surface area contributed by atoms with Crippen LogP contribution in [0.25, 0.3) is 0 Å². The Morgan fingerprint density at radius 3 is 2.54 bits per heavy atom. The van der Waals surface area contributed by atoms with Crippen molar-refractivity contribution in [2.24, 2.45) is 46.7 Å². The van der Waals surface area contributed by atoms with Gasteiger partial charge in [-0.05, 0) is 95.8 Å². The van der Waals surface area contributed by atoms with Gasteiger partial charge in [-0.25, -0.2) is 4.79 Å². The van der Waals surface area contributed by atoms with Crippen molar-refractivity contribution in [1.29, 1.82) is 0 Å². The molecular formula is C39H66N4O7+2. The van der Waals surface area contributed by atoms with E-state index in [1.54, 1.807) is 13.0 Å². The first kappa shape index (κ1) is 37.7. The van der Waals surface area contributed by atoms with Gasteiger partial charge in [0.15, 0.2) is 0 Å². The van der Waals surface area contributed by atoms with Gasteiger partial charge in [0.2, 0.25) is 5.91 Å². The number of aliphatic hydroxyl groups excluding tert-OH is 1. The maximum Gasteiger partial charge on any atom is 0.334 e. The van der Waals surface area contributed by atoms with Crippen molar-refractivity contribution in [2.75, 3.05) is 39.8 Å². The van der Waals surface area contributed by atoms with Crippen molar-refractivity contribution in [3.8, 4) is 0 Å². The molecule has 8 unspecified atom stereocenters. The van der Waals surface area contributed by atoms with E-state index in [4.69, 9.17) is 19.9 Å². The van der Waals surface area contributed by atoms with E-state index in [1.807, 2.05) is 25.7 Å². The summed E-state index contributed by atoms with van der Waals surface area (Å²) in [6.07, 6.45) is 11.3. The van der Waals surface area contributed by atoms with E-state index in [1.165, 1.54) is 0 Å². The van der Waals surface area contributed by atoms with E-state index in [-0.39, 0.29) is 77.8 Å². The predicted octanol–water partition coefficient (Wildman–Crippen LogP) is 1.62. The summed E-state index contributed by atoms with van der Waals surface area (Å²) in [6, 6.07) is 0. The van der Waals surface area contributed by atoms with Gasteiger partial charge in [0.05, 0.1) is 32.2 Å². The number of hydrogen-bond acceptors (Lipinski definition) is 8. The number of nitrogens with two attached hydrogens (primary N) is 3. The van der Waals surface area contributed by atoms with Crippen LogP contribution in [0, 0.1) is 40.9 Å². The fraction of sp³-hybridized carbons (Fsp3) is 0.872. The van der Waals surface area contributed by atoms with Crippen LogP contribution in [0.5, 0.6) is 0 Å². The number of allylic oxidation sites excluding steroid dienone is 1. The molecule has 11 nitrogen and oxygen atoms in total. The van der Waals surface area contributed by atoms with Crippen LogP contribution in [0.4, 0.5) is 0 Å². The Hall–Kier alpha value is -2.05. The number of esters is 2. The molecule has 2 aliphatic carbocycles. The number of piperidine rings is 1. The van der Waals surface area contributed by atoms with Gasteiger partial charge in [0.1, 0.15) is 23.5 Å². The van der Waals surface area contributed by atoms with Crippen LogP contribution in [-0.4, -0.2) is 97.3 Å².